The van der Waals surface area contributed by atoms with Crippen molar-refractivity contribution < 1.29 is 13.3 Å². The number of fused-ring (bicyclic) bond motifs is 27. The molecule has 0 atom stereocenters. The van der Waals surface area contributed by atoms with E-state index in [0.29, 0.717) is 0 Å². The van der Waals surface area contributed by atoms with Gasteiger partial charge in [-0.15, -0.1) is 0 Å². The Balaban J connectivity index is 0.000000107. The number of furan rings is 3. The van der Waals surface area contributed by atoms with E-state index in [2.05, 4.69) is 485 Å². The van der Waals surface area contributed by atoms with Gasteiger partial charge in [0.25, 0.3) is 0 Å². The maximum atomic E-state index is 7.02. The van der Waals surface area contributed by atoms with Crippen molar-refractivity contribution in [1.29, 1.82) is 0 Å². The third-order valence-electron chi connectivity index (χ3n) is 29.1. The largest absolute Gasteiger partial charge is 0.455 e. The van der Waals surface area contributed by atoms with Crippen molar-refractivity contribution in [1.82, 2.24) is 29.9 Å². The van der Waals surface area contributed by atoms with Crippen LogP contribution in [-0.2, 0) is 0 Å². The summed E-state index contributed by atoms with van der Waals surface area (Å²) >= 11 is 0. The average Bonchev–Trinajstić information content (AvgIpc) is 1.000. The quantitative estimate of drug-likeness (QED) is 0.110. The molecule has 684 valence electrons. The first-order valence-electron chi connectivity index (χ1n) is 49.7. The second kappa shape index (κ2) is 35.8. The lowest BCUT2D eigenvalue weighted by atomic mass is 9.93. The van der Waals surface area contributed by atoms with E-state index < -0.39 is 0 Å². The van der Waals surface area contributed by atoms with Gasteiger partial charge in [-0.05, 0) is 153 Å². The maximum absolute atomic E-state index is 7.02. The molecule has 9 nitrogen and oxygen atoms in total. The van der Waals surface area contributed by atoms with E-state index in [-0.39, 0.29) is 0 Å². The predicted octanol–water partition coefficient (Wildman–Crippen LogP) is 37.5. The molecule has 147 heavy (non-hydrogen) atoms. The Labute approximate surface area is 844 Å². The topological polar surface area (TPSA) is 117 Å². The Bertz CT molecular complexity index is 10400. The second-order valence-electron chi connectivity index (χ2n) is 37.6. The van der Waals surface area contributed by atoms with E-state index in [1.807, 2.05) is 24.7 Å². The van der Waals surface area contributed by atoms with Crippen molar-refractivity contribution in [3.8, 4) is 134 Å². The predicted molar refractivity (Wildman–Crippen MR) is 611 cm³/mol. The molecule has 0 saturated carbocycles. The minimum atomic E-state index is 0.840. The van der Waals surface area contributed by atoms with Gasteiger partial charge in [-0.3, -0.25) is 15.0 Å². The normalized spacial score (nSPS) is 11.7. The van der Waals surface area contributed by atoms with E-state index in [0.717, 1.165) is 243 Å². The van der Waals surface area contributed by atoms with E-state index in [1.165, 1.54) is 54.6 Å². The number of benzene rings is 24. The molecule has 0 bridgehead atoms. The Hall–Kier alpha value is -19.7. The molecule has 0 N–H and O–H groups in total. The summed E-state index contributed by atoms with van der Waals surface area (Å²) in [4.78, 5) is 30.5. The van der Waals surface area contributed by atoms with Crippen molar-refractivity contribution >= 4 is 164 Å². The van der Waals surface area contributed by atoms with Crippen molar-refractivity contribution in [2.24, 2.45) is 0 Å². The van der Waals surface area contributed by atoms with Crippen molar-refractivity contribution in [2.45, 2.75) is 0 Å². The fourth-order valence-electron chi connectivity index (χ4n) is 22.0. The molecule has 30 rings (SSSR count). The number of rotatable bonds is 12. The highest BCUT2D eigenvalue weighted by Crippen LogP contribution is 2.49. The molecule has 0 aliphatic rings. The van der Waals surface area contributed by atoms with Crippen LogP contribution in [0.25, 0.3) is 297 Å². The zero-order chi connectivity index (χ0) is 96.9. The van der Waals surface area contributed by atoms with Crippen molar-refractivity contribution in [3.63, 3.8) is 0 Å². The minimum Gasteiger partial charge on any atom is -0.455 e. The fourth-order valence-corrected chi connectivity index (χ4v) is 22.0. The summed E-state index contributed by atoms with van der Waals surface area (Å²) in [5.41, 5.74) is 36.6. The first-order chi connectivity index (χ1) is 72.9. The standard InChI is InChI=1S/C52H32N2O.C46H28N2O.C40H24N2O/c1-4-14-33(15-5-1)38-28-44(35-18-8-3-9-19-35)51-46(30-38)47-31-39(34-16-6-2-7-17-34)29-45(52(47)55-51)36-24-26-37(27-25-36)48-32-53-49-42-22-12-10-20-40(42)41-21-11-13-23-43(41)50(49)54-48;1-3-11-29(12-4-1)33-23-24-43-40(25-33)41-27-34(30-13-5-2-6-14-30)26-39(46(41)49-43)31-19-21-32(22-20-31)42-28-47-44-37-17-9-7-15-35(37)36-16-8-10-18-38(36)45(44)48-42;1-2-10-25(11-3-1)28-16-8-18-34-35-19-9-17-29(40(35)43-39(28)34)26-20-22-27(23-21-26)36-24-41-37-32-14-6-4-12-30(32)31-13-5-7-15-33(31)38(37)42-36/h1-32H;1-28H;1-24H. The van der Waals surface area contributed by atoms with E-state index >= 15 is 0 Å². The van der Waals surface area contributed by atoms with Crippen LogP contribution in [0.3, 0.4) is 0 Å². The van der Waals surface area contributed by atoms with E-state index in [1.54, 1.807) is 0 Å². The average molecular weight is 1870 g/mol. The van der Waals surface area contributed by atoms with Crippen LogP contribution < -0.4 is 0 Å². The zero-order valence-electron chi connectivity index (χ0n) is 79.4. The summed E-state index contributed by atoms with van der Waals surface area (Å²) in [6, 6.07) is 173. The molecule has 0 spiro atoms. The lowest BCUT2D eigenvalue weighted by Gasteiger charge is -2.11. The SMILES string of the molecule is c1ccc(-c2cc(-c3ccccc3)c3oc4c(-c5ccc(-c6cnc7c8ccccc8c8ccccc8c7n6)cc5)cc(-c5ccccc5)cc4c3c2)cc1.c1ccc(-c2ccc3oc4c(-c5ccc(-c6cnc7c8ccccc8c8ccccc8c7n6)cc5)cc(-c5ccccc5)cc4c3c2)cc1.c1ccc(-c2cccc3c2oc2c(-c4ccc(-c5cnc6c7ccccc7c7ccccc7c6n5)cc4)cccc23)cc1. The first kappa shape index (κ1) is 85.3. The highest BCUT2D eigenvalue weighted by atomic mass is 16.3. The number of hydrogen-bond donors (Lipinski definition) is 0. The lowest BCUT2D eigenvalue weighted by Crippen LogP contribution is -1.92. The smallest absolute Gasteiger partial charge is 0.143 e. The fraction of sp³-hybridized carbons (Fsp3) is 0. The Morgan fingerprint density at radius 2 is 0.340 bits per heavy atom. The van der Waals surface area contributed by atoms with Gasteiger partial charge >= 0.3 is 0 Å². The lowest BCUT2D eigenvalue weighted by molar-refractivity contribution is 0.670. The van der Waals surface area contributed by atoms with Gasteiger partial charge in [-0.1, -0.05) is 443 Å². The molecule has 6 heterocycles. The summed E-state index contributed by atoms with van der Waals surface area (Å²) < 4.78 is 20.3. The van der Waals surface area contributed by atoms with Crippen LogP contribution in [0.5, 0.6) is 0 Å². The summed E-state index contributed by atoms with van der Waals surface area (Å²) in [7, 11) is 0. The van der Waals surface area contributed by atoms with Crippen LogP contribution >= 0.6 is 0 Å². The zero-order valence-corrected chi connectivity index (χ0v) is 79.4. The molecule has 0 radical (unpaired) electrons. The highest BCUT2D eigenvalue weighted by molar-refractivity contribution is 6.27. The van der Waals surface area contributed by atoms with Gasteiger partial charge in [0.1, 0.15) is 33.5 Å². The number of para-hydroxylation sites is 2. The highest BCUT2D eigenvalue weighted by Gasteiger charge is 2.26. The molecule has 0 fully saturated rings. The Morgan fingerprint density at radius 1 is 0.122 bits per heavy atom. The van der Waals surface area contributed by atoms with E-state index in [4.69, 9.17) is 43.2 Å². The molecule has 6 aromatic heterocycles. The molecule has 0 aliphatic carbocycles. The maximum Gasteiger partial charge on any atom is 0.143 e. The number of hydrogen-bond acceptors (Lipinski definition) is 9. The Morgan fingerprint density at radius 3 is 0.660 bits per heavy atom. The summed E-state index contributed by atoms with van der Waals surface area (Å²) in [5, 5.41) is 20.5. The third kappa shape index (κ3) is 15.0. The van der Waals surface area contributed by atoms with Crippen LogP contribution in [0.2, 0.25) is 0 Å². The second-order valence-corrected chi connectivity index (χ2v) is 37.6. The van der Waals surface area contributed by atoms with Crippen LogP contribution in [-0.4, -0.2) is 29.9 Å². The summed E-state index contributed by atoms with van der Waals surface area (Å²) in [5.74, 6) is 0. The molecule has 0 aliphatic heterocycles. The summed E-state index contributed by atoms with van der Waals surface area (Å²) in [6.45, 7) is 0. The van der Waals surface area contributed by atoms with Crippen LogP contribution in [0, 0.1) is 0 Å². The molecule has 24 aromatic carbocycles. The third-order valence-corrected chi connectivity index (χ3v) is 29.1. The molecule has 0 amide bonds. The molecule has 0 saturated heterocycles. The van der Waals surface area contributed by atoms with E-state index in [9.17, 15) is 0 Å². The van der Waals surface area contributed by atoms with Crippen molar-refractivity contribution in [3.05, 3.63) is 510 Å². The van der Waals surface area contributed by atoms with Gasteiger partial charge in [0, 0.05) is 109 Å². The van der Waals surface area contributed by atoms with Crippen LogP contribution in [0.1, 0.15) is 0 Å². The summed E-state index contributed by atoms with van der Waals surface area (Å²) in [6.07, 6.45) is 5.70. The van der Waals surface area contributed by atoms with Crippen molar-refractivity contribution in [2.75, 3.05) is 0 Å². The van der Waals surface area contributed by atoms with Gasteiger partial charge in [-0.25, -0.2) is 15.0 Å². The van der Waals surface area contributed by atoms with Crippen LogP contribution in [0.4, 0.5) is 0 Å². The number of nitrogens with zero attached hydrogens (tertiary/aromatic N) is 6. The molecular weight excluding hydrogens is 1790 g/mol. The molecule has 0 unspecified atom stereocenters. The monoisotopic (exact) mass is 1870 g/mol. The first-order valence-corrected chi connectivity index (χ1v) is 49.7. The van der Waals surface area contributed by atoms with Gasteiger partial charge in [0.05, 0.1) is 68.8 Å². The van der Waals surface area contributed by atoms with Crippen LogP contribution in [0.15, 0.2) is 523 Å². The minimum absolute atomic E-state index is 0.840. The molecule has 30 aromatic rings. The van der Waals surface area contributed by atoms with Gasteiger partial charge in [-0.2, -0.15) is 0 Å². The number of aromatic nitrogens is 6. The van der Waals surface area contributed by atoms with Gasteiger partial charge in [0.15, 0.2) is 0 Å². The van der Waals surface area contributed by atoms with Gasteiger partial charge < -0.3 is 13.3 Å². The molecular formula is C138H84N6O3. The molecule has 9 heteroatoms. The Kier molecular flexibility index (Phi) is 20.8. The van der Waals surface area contributed by atoms with Gasteiger partial charge in [0.2, 0.25) is 0 Å².